The predicted molar refractivity (Wildman–Crippen MR) is 60.5 cm³/mol. The van der Waals surface area contributed by atoms with Gasteiger partial charge in [0.2, 0.25) is 0 Å². The fourth-order valence-electron chi connectivity index (χ4n) is 1.68. The van der Waals surface area contributed by atoms with Crippen LogP contribution < -0.4 is 5.32 Å². The lowest BCUT2D eigenvalue weighted by Gasteiger charge is -2.25. The van der Waals surface area contributed by atoms with Crippen LogP contribution in [0.2, 0.25) is 0 Å². The zero-order valence-electron chi connectivity index (χ0n) is 9.09. The molecule has 0 unspecified atom stereocenters. The molecule has 0 spiro atoms. The Morgan fingerprint density at radius 2 is 1.86 bits per heavy atom. The van der Waals surface area contributed by atoms with Gasteiger partial charge in [0.05, 0.1) is 0 Å². The van der Waals surface area contributed by atoms with Crippen LogP contribution >= 0.6 is 0 Å². The minimum Gasteiger partial charge on any atom is -0.313 e. The summed E-state index contributed by atoms with van der Waals surface area (Å²) in [5.41, 5.74) is 1.68. The van der Waals surface area contributed by atoms with E-state index in [1.165, 1.54) is 18.4 Å². The van der Waals surface area contributed by atoms with E-state index in [9.17, 15) is 0 Å². The third-order valence-corrected chi connectivity index (χ3v) is 2.97. The van der Waals surface area contributed by atoms with Crippen molar-refractivity contribution in [3.63, 3.8) is 0 Å². The summed E-state index contributed by atoms with van der Waals surface area (Å²) in [5.74, 6) is 0. The number of benzene rings is 1. The fraction of sp³-hybridized carbons (Fsp3) is 0.538. The molecule has 0 aliphatic heterocycles. The van der Waals surface area contributed by atoms with Crippen molar-refractivity contribution in [3.8, 4) is 0 Å². The van der Waals surface area contributed by atoms with E-state index in [4.69, 9.17) is 0 Å². The van der Waals surface area contributed by atoms with Crippen LogP contribution in [0, 0.1) is 0 Å². The molecule has 1 N–H and O–H groups in total. The van der Waals surface area contributed by atoms with Gasteiger partial charge in [0.15, 0.2) is 0 Å². The molecule has 14 heavy (non-hydrogen) atoms. The summed E-state index contributed by atoms with van der Waals surface area (Å²) in [7, 11) is 0. The zero-order chi connectivity index (χ0) is 10.0. The second kappa shape index (κ2) is 3.74. The quantitative estimate of drug-likeness (QED) is 0.768. The molecule has 1 nitrogen and oxygen atoms in total. The number of hydrogen-bond donors (Lipinski definition) is 1. The van der Waals surface area contributed by atoms with Crippen LogP contribution in [0.1, 0.15) is 32.3 Å². The molecule has 1 saturated carbocycles. The van der Waals surface area contributed by atoms with Gasteiger partial charge in [-0.2, -0.15) is 0 Å². The van der Waals surface area contributed by atoms with Crippen LogP contribution in [0.25, 0.3) is 0 Å². The predicted octanol–water partition coefficient (Wildman–Crippen LogP) is 2.72. The second-order valence-corrected chi connectivity index (χ2v) is 4.91. The molecule has 1 aliphatic carbocycles. The van der Waals surface area contributed by atoms with Crippen molar-refractivity contribution in [1.82, 2.24) is 5.32 Å². The van der Waals surface area contributed by atoms with Gasteiger partial charge >= 0.3 is 0 Å². The number of hydrogen-bond acceptors (Lipinski definition) is 1. The van der Waals surface area contributed by atoms with E-state index in [-0.39, 0.29) is 5.41 Å². The molecule has 0 radical (unpaired) electrons. The minimum atomic E-state index is 0.254. The van der Waals surface area contributed by atoms with Gasteiger partial charge in [-0.3, -0.25) is 0 Å². The molecule has 1 heteroatoms. The first-order chi connectivity index (χ1) is 6.68. The molecule has 0 aromatic heterocycles. The molecule has 1 aliphatic rings. The largest absolute Gasteiger partial charge is 0.313 e. The molecule has 0 amide bonds. The van der Waals surface area contributed by atoms with E-state index in [1.54, 1.807) is 0 Å². The van der Waals surface area contributed by atoms with Crippen LogP contribution in [0.5, 0.6) is 0 Å². The van der Waals surface area contributed by atoms with E-state index in [2.05, 4.69) is 49.5 Å². The summed E-state index contributed by atoms with van der Waals surface area (Å²) in [6.07, 6.45) is 2.73. The highest BCUT2D eigenvalue weighted by Gasteiger charge is 2.26. The van der Waals surface area contributed by atoms with Crippen LogP contribution in [0.4, 0.5) is 0 Å². The first kappa shape index (κ1) is 9.72. The average Bonchev–Trinajstić information content (AvgIpc) is 3.00. The molecule has 1 aromatic carbocycles. The Morgan fingerprint density at radius 1 is 1.21 bits per heavy atom. The number of rotatable bonds is 4. The Bertz CT molecular complexity index is 285. The number of nitrogens with one attached hydrogen (secondary N) is 1. The maximum Gasteiger partial charge on any atom is 0.00685 e. The highest BCUT2D eigenvalue weighted by molar-refractivity contribution is 5.23. The molecule has 76 valence electrons. The Balaban J connectivity index is 1.99. The molecule has 0 saturated heterocycles. The second-order valence-electron chi connectivity index (χ2n) is 4.91. The van der Waals surface area contributed by atoms with Crippen molar-refractivity contribution in [2.45, 2.75) is 38.1 Å². The lowest BCUT2D eigenvalue weighted by molar-refractivity contribution is 0.467. The van der Waals surface area contributed by atoms with Gasteiger partial charge in [0.25, 0.3) is 0 Å². The zero-order valence-corrected chi connectivity index (χ0v) is 9.09. The van der Waals surface area contributed by atoms with E-state index < -0.39 is 0 Å². The molecular formula is C13H19N. The van der Waals surface area contributed by atoms with Gasteiger partial charge in [0.1, 0.15) is 0 Å². The highest BCUT2D eigenvalue weighted by atomic mass is 15.0. The van der Waals surface area contributed by atoms with Gasteiger partial charge in [-0.1, -0.05) is 44.2 Å². The minimum absolute atomic E-state index is 0.254. The SMILES string of the molecule is CC(C)(CNC1CC1)c1ccccc1. The van der Waals surface area contributed by atoms with Crippen molar-refractivity contribution in [1.29, 1.82) is 0 Å². The summed E-state index contributed by atoms with van der Waals surface area (Å²) in [5, 5.41) is 3.60. The first-order valence-electron chi connectivity index (χ1n) is 5.47. The Kier molecular flexibility index (Phi) is 2.60. The third kappa shape index (κ3) is 2.36. The Labute approximate surface area is 86.5 Å². The van der Waals surface area contributed by atoms with E-state index in [1.807, 2.05) is 0 Å². The lowest BCUT2D eigenvalue weighted by atomic mass is 9.84. The fourth-order valence-corrected chi connectivity index (χ4v) is 1.68. The van der Waals surface area contributed by atoms with Gasteiger partial charge < -0.3 is 5.32 Å². The summed E-state index contributed by atoms with van der Waals surface area (Å²) in [6, 6.07) is 11.6. The molecule has 0 bridgehead atoms. The van der Waals surface area contributed by atoms with E-state index >= 15 is 0 Å². The van der Waals surface area contributed by atoms with Crippen molar-refractivity contribution in [2.75, 3.05) is 6.54 Å². The standard InChI is InChI=1S/C13H19N/c1-13(2,10-14-12-8-9-12)11-6-4-3-5-7-11/h3-7,12,14H,8-10H2,1-2H3. The first-order valence-corrected chi connectivity index (χ1v) is 5.47. The molecule has 1 fully saturated rings. The monoisotopic (exact) mass is 189 g/mol. The summed E-state index contributed by atoms with van der Waals surface area (Å²) in [6.45, 7) is 5.69. The van der Waals surface area contributed by atoms with Crippen molar-refractivity contribution < 1.29 is 0 Å². The molecule has 1 aromatic rings. The van der Waals surface area contributed by atoms with E-state index in [0.29, 0.717) is 0 Å². The summed E-state index contributed by atoms with van der Waals surface area (Å²) < 4.78 is 0. The van der Waals surface area contributed by atoms with Gasteiger partial charge in [-0.15, -0.1) is 0 Å². The Morgan fingerprint density at radius 3 is 2.43 bits per heavy atom. The molecule has 2 rings (SSSR count). The maximum atomic E-state index is 3.60. The normalized spacial score (nSPS) is 17.0. The third-order valence-electron chi connectivity index (χ3n) is 2.97. The molecule has 0 atom stereocenters. The topological polar surface area (TPSA) is 12.0 Å². The molecular weight excluding hydrogens is 170 g/mol. The maximum absolute atomic E-state index is 3.60. The molecule has 0 heterocycles. The average molecular weight is 189 g/mol. The lowest BCUT2D eigenvalue weighted by Crippen LogP contribution is -2.34. The van der Waals surface area contributed by atoms with Crippen molar-refractivity contribution in [3.05, 3.63) is 35.9 Å². The van der Waals surface area contributed by atoms with Crippen molar-refractivity contribution >= 4 is 0 Å². The van der Waals surface area contributed by atoms with E-state index in [0.717, 1.165) is 12.6 Å². The van der Waals surface area contributed by atoms with Gasteiger partial charge in [0, 0.05) is 18.0 Å². The van der Waals surface area contributed by atoms with Crippen molar-refractivity contribution in [2.24, 2.45) is 0 Å². The summed E-state index contributed by atoms with van der Waals surface area (Å²) in [4.78, 5) is 0. The van der Waals surface area contributed by atoms with Gasteiger partial charge in [-0.25, -0.2) is 0 Å². The van der Waals surface area contributed by atoms with Crippen LogP contribution in [0.15, 0.2) is 30.3 Å². The highest BCUT2D eigenvalue weighted by Crippen LogP contribution is 2.25. The summed E-state index contributed by atoms with van der Waals surface area (Å²) >= 11 is 0. The van der Waals surface area contributed by atoms with Crippen LogP contribution in [-0.2, 0) is 5.41 Å². The van der Waals surface area contributed by atoms with Gasteiger partial charge in [-0.05, 0) is 18.4 Å². The van der Waals surface area contributed by atoms with Crippen LogP contribution in [0.3, 0.4) is 0 Å². The Hall–Kier alpha value is -0.820. The van der Waals surface area contributed by atoms with Crippen LogP contribution in [-0.4, -0.2) is 12.6 Å². The smallest absolute Gasteiger partial charge is 0.00685 e.